The van der Waals surface area contributed by atoms with Gasteiger partial charge in [-0.25, -0.2) is 8.42 Å². The van der Waals surface area contributed by atoms with E-state index < -0.39 is 34.3 Å². The molecule has 0 saturated carbocycles. The van der Waals surface area contributed by atoms with Crippen molar-refractivity contribution in [3.05, 3.63) is 29.8 Å². The molecule has 138 valence electrons. The maximum absolute atomic E-state index is 12.4. The Morgan fingerprint density at radius 2 is 2.00 bits per heavy atom. The number of hydrogen-bond acceptors (Lipinski definition) is 7. The van der Waals surface area contributed by atoms with E-state index in [2.05, 4.69) is 10.6 Å². The van der Waals surface area contributed by atoms with Crippen molar-refractivity contribution in [2.75, 3.05) is 19.3 Å². The standard InChI is InChI=1S/C15H21N3O6S/c1-3-12(20)24-15-13(18(9-8-16-15)25(2,22)23)17-14(21)10-4-6-11(19)7-5-10/h4-7,13,15-16,19H,3,8-9H2,1-2H3,(H,17,21). The van der Waals surface area contributed by atoms with Gasteiger partial charge in [0.15, 0.2) is 6.23 Å². The van der Waals surface area contributed by atoms with Gasteiger partial charge in [-0.1, -0.05) is 6.92 Å². The van der Waals surface area contributed by atoms with Crippen LogP contribution in [0.25, 0.3) is 0 Å². The largest absolute Gasteiger partial charge is 0.508 e. The molecule has 0 aromatic heterocycles. The molecular formula is C15H21N3O6S. The zero-order valence-corrected chi connectivity index (χ0v) is 14.7. The monoisotopic (exact) mass is 371 g/mol. The van der Waals surface area contributed by atoms with Gasteiger partial charge in [-0.15, -0.1) is 0 Å². The molecule has 1 heterocycles. The van der Waals surface area contributed by atoms with Crippen LogP contribution in [0.15, 0.2) is 24.3 Å². The van der Waals surface area contributed by atoms with Crippen molar-refractivity contribution in [2.24, 2.45) is 0 Å². The lowest BCUT2D eigenvalue weighted by Gasteiger charge is -2.39. The number of nitrogens with one attached hydrogen (secondary N) is 2. The first kappa shape index (κ1) is 19.2. The van der Waals surface area contributed by atoms with Gasteiger partial charge in [0.2, 0.25) is 10.0 Å². The van der Waals surface area contributed by atoms with Crippen LogP contribution in [0.5, 0.6) is 5.75 Å². The van der Waals surface area contributed by atoms with Gasteiger partial charge in [-0.2, -0.15) is 4.31 Å². The summed E-state index contributed by atoms with van der Waals surface area (Å²) in [5.74, 6) is -1.07. The number of amides is 1. The molecule has 0 bridgehead atoms. The fraction of sp³-hybridized carbons (Fsp3) is 0.467. The van der Waals surface area contributed by atoms with Gasteiger partial charge in [0.1, 0.15) is 11.9 Å². The number of benzene rings is 1. The quantitative estimate of drug-likeness (QED) is 0.601. The van der Waals surface area contributed by atoms with Gasteiger partial charge < -0.3 is 15.2 Å². The molecule has 0 radical (unpaired) electrons. The molecule has 1 amide bonds. The Kier molecular flexibility index (Phi) is 5.98. The maximum Gasteiger partial charge on any atom is 0.307 e. The minimum Gasteiger partial charge on any atom is -0.508 e. The van der Waals surface area contributed by atoms with Crippen molar-refractivity contribution >= 4 is 21.9 Å². The lowest BCUT2D eigenvalue weighted by atomic mass is 10.2. The third kappa shape index (κ3) is 4.91. The lowest BCUT2D eigenvalue weighted by molar-refractivity contribution is -0.155. The fourth-order valence-corrected chi connectivity index (χ4v) is 3.40. The van der Waals surface area contributed by atoms with E-state index in [0.717, 1.165) is 10.6 Å². The van der Waals surface area contributed by atoms with Crippen molar-refractivity contribution in [1.82, 2.24) is 14.9 Å². The van der Waals surface area contributed by atoms with Gasteiger partial charge in [0.05, 0.1) is 6.26 Å². The van der Waals surface area contributed by atoms with Crippen LogP contribution < -0.4 is 10.6 Å². The van der Waals surface area contributed by atoms with Crippen LogP contribution in [-0.4, -0.2) is 61.4 Å². The average molecular weight is 371 g/mol. The minimum atomic E-state index is -3.64. The van der Waals surface area contributed by atoms with Crippen LogP contribution in [0.2, 0.25) is 0 Å². The summed E-state index contributed by atoms with van der Waals surface area (Å²) in [5, 5.41) is 14.8. The number of phenols is 1. The number of nitrogens with zero attached hydrogens (tertiary/aromatic N) is 1. The number of phenolic OH excluding ortho intramolecular Hbond substituents is 1. The van der Waals surface area contributed by atoms with Crippen molar-refractivity contribution < 1.29 is 27.9 Å². The number of hydrogen-bond donors (Lipinski definition) is 3. The van der Waals surface area contributed by atoms with Crippen LogP contribution in [0.3, 0.4) is 0 Å². The van der Waals surface area contributed by atoms with Crippen molar-refractivity contribution in [3.63, 3.8) is 0 Å². The molecule has 1 aromatic carbocycles. The molecular weight excluding hydrogens is 350 g/mol. The smallest absolute Gasteiger partial charge is 0.307 e. The zero-order chi connectivity index (χ0) is 18.6. The van der Waals surface area contributed by atoms with Gasteiger partial charge >= 0.3 is 5.97 Å². The molecule has 3 N–H and O–H groups in total. The first-order valence-electron chi connectivity index (χ1n) is 7.72. The number of aromatic hydroxyl groups is 1. The Labute approximate surface area is 146 Å². The second-order valence-corrected chi connectivity index (χ2v) is 7.49. The Hall–Kier alpha value is -2.17. The average Bonchev–Trinajstić information content (AvgIpc) is 2.55. The van der Waals surface area contributed by atoms with Crippen LogP contribution in [-0.2, 0) is 19.6 Å². The van der Waals surface area contributed by atoms with E-state index in [1.807, 2.05) is 0 Å². The third-order valence-electron chi connectivity index (χ3n) is 3.66. The predicted molar refractivity (Wildman–Crippen MR) is 89.1 cm³/mol. The summed E-state index contributed by atoms with van der Waals surface area (Å²) in [6.07, 6.45) is -0.940. The van der Waals surface area contributed by atoms with Gasteiger partial charge in [-0.05, 0) is 24.3 Å². The summed E-state index contributed by atoms with van der Waals surface area (Å²) >= 11 is 0. The molecule has 0 aliphatic carbocycles. The van der Waals surface area contributed by atoms with E-state index in [4.69, 9.17) is 4.74 Å². The predicted octanol–water partition coefficient (Wildman–Crippen LogP) is -0.408. The number of esters is 1. The molecule has 25 heavy (non-hydrogen) atoms. The van der Waals surface area contributed by atoms with Gasteiger partial charge in [0, 0.05) is 25.1 Å². The van der Waals surface area contributed by atoms with E-state index >= 15 is 0 Å². The van der Waals surface area contributed by atoms with Crippen molar-refractivity contribution in [1.29, 1.82) is 0 Å². The second kappa shape index (κ2) is 7.81. The van der Waals surface area contributed by atoms with Gasteiger partial charge in [-0.3, -0.25) is 14.9 Å². The first-order chi connectivity index (χ1) is 11.7. The summed E-state index contributed by atoms with van der Waals surface area (Å²) in [7, 11) is -3.64. The Morgan fingerprint density at radius 3 is 2.56 bits per heavy atom. The normalized spacial score (nSPS) is 21.5. The second-order valence-electron chi connectivity index (χ2n) is 5.56. The van der Waals surface area contributed by atoms with E-state index in [9.17, 15) is 23.1 Å². The number of carbonyl (C=O) groups is 2. The molecule has 2 atom stereocenters. The highest BCUT2D eigenvalue weighted by Gasteiger charge is 2.39. The van der Waals surface area contributed by atoms with Crippen LogP contribution in [0.4, 0.5) is 0 Å². The lowest BCUT2D eigenvalue weighted by Crippen LogP contribution is -2.66. The number of carbonyl (C=O) groups excluding carboxylic acids is 2. The molecule has 1 fully saturated rings. The SMILES string of the molecule is CCC(=O)OC1NCCN(S(C)(=O)=O)C1NC(=O)c1ccc(O)cc1. The van der Waals surface area contributed by atoms with Crippen LogP contribution in [0, 0.1) is 0 Å². The first-order valence-corrected chi connectivity index (χ1v) is 9.56. The molecule has 10 heteroatoms. The van der Waals surface area contributed by atoms with Crippen molar-refractivity contribution in [2.45, 2.75) is 25.7 Å². The molecule has 1 saturated heterocycles. The van der Waals surface area contributed by atoms with Gasteiger partial charge in [0.25, 0.3) is 5.91 Å². The molecule has 1 aliphatic heterocycles. The maximum atomic E-state index is 12.4. The number of rotatable bonds is 5. The topological polar surface area (TPSA) is 125 Å². The molecule has 2 rings (SSSR count). The Morgan fingerprint density at radius 1 is 1.36 bits per heavy atom. The minimum absolute atomic E-state index is 0.00315. The highest BCUT2D eigenvalue weighted by molar-refractivity contribution is 7.88. The molecule has 1 aromatic rings. The molecule has 1 aliphatic rings. The number of ether oxygens (including phenoxy) is 1. The Bertz CT molecular complexity index is 734. The molecule has 0 spiro atoms. The summed E-state index contributed by atoms with van der Waals surface area (Å²) in [6.45, 7) is 2.02. The third-order valence-corrected chi connectivity index (χ3v) is 4.92. The van der Waals surface area contributed by atoms with E-state index in [1.54, 1.807) is 6.92 Å². The molecule has 2 unspecified atom stereocenters. The van der Waals surface area contributed by atoms with Crippen LogP contribution >= 0.6 is 0 Å². The molecule has 9 nitrogen and oxygen atoms in total. The van der Waals surface area contributed by atoms with E-state index in [0.29, 0.717) is 0 Å². The van der Waals surface area contributed by atoms with E-state index in [1.165, 1.54) is 24.3 Å². The zero-order valence-electron chi connectivity index (χ0n) is 13.9. The fourth-order valence-electron chi connectivity index (χ4n) is 2.40. The summed E-state index contributed by atoms with van der Waals surface area (Å²) in [4.78, 5) is 24.0. The number of sulfonamides is 1. The summed E-state index contributed by atoms with van der Waals surface area (Å²) in [5.41, 5.74) is 0.234. The summed E-state index contributed by atoms with van der Waals surface area (Å²) < 4.78 is 30.4. The summed E-state index contributed by atoms with van der Waals surface area (Å²) in [6, 6.07) is 5.49. The Balaban J connectivity index is 2.25. The highest BCUT2D eigenvalue weighted by Crippen LogP contribution is 2.15. The van der Waals surface area contributed by atoms with Crippen LogP contribution in [0.1, 0.15) is 23.7 Å². The van der Waals surface area contributed by atoms with E-state index in [-0.39, 0.29) is 30.8 Å². The number of piperazine rings is 1. The highest BCUT2D eigenvalue weighted by atomic mass is 32.2. The van der Waals surface area contributed by atoms with Crippen molar-refractivity contribution in [3.8, 4) is 5.75 Å².